The van der Waals surface area contributed by atoms with Gasteiger partial charge >= 0.3 is 6.55 Å². The van der Waals surface area contributed by atoms with E-state index in [2.05, 4.69) is 5.10 Å². The van der Waals surface area contributed by atoms with Crippen molar-refractivity contribution in [3.63, 3.8) is 0 Å². The van der Waals surface area contributed by atoms with E-state index in [1.807, 2.05) is 0 Å². The Morgan fingerprint density at radius 1 is 1.67 bits per heavy atom. The van der Waals surface area contributed by atoms with Crippen molar-refractivity contribution in [1.29, 1.82) is 0 Å². The molecule has 2 N–H and O–H groups in total. The molecule has 7 heteroatoms. The van der Waals surface area contributed by atoms with Gasteiger partial charge in [0.1, 0.15) is 0 Å². The van der Waals surface area contributed by atoms with Crippen LogP contribution in [0, 0.1) is 0 Å². The maximum atomic E-state index is 12.4. The van der Waals surface area contributed by atoms with Gasteiger partial charge in [0.15, 0.2) is 5.69 Å². The van der Waals surface area contributed by atoms with E-state index in [9.17, 15) is 13.6 Å². The number of hydrogen-bond donors (Lipinski definition) is 1. The highest BCUT2D eigenvalue weighted by atomic mass is 19.3. The minimum absolute atomic E-state index is 0.0271. The number of carbonyl (C=O) groups is 1. The van der Waals surface area contributed by atoms with Gasteiger partial charge in [0, 0.05) is 20.6 Å². The van der Waals surface area contributed by atoms with Gasteiger partial charge in [-0.05, 0) is 6.07 Å². The Bertz CT molecular complexity index is 362. The summed E-state index contributed by atoms with van der Waals surface area (Å²) in [7, 11) is 3.04. The van der Waals surface area contributed by atoms with Gasteiger partial charge in [-0.2, -0.15) is 13.9 Å². The summed E-state index contributed by atoms with van der Waals surface area (Å²) < 4.78 is 25.3. The summed E-state index contributed by atoms with van der Waals surface area (Å²) in [5.41, 5.74) is 5.37. The smallest absolute Gasteiger partial charge is 0.333 e. The summed E-state index contributed by atoms with van der Waals surface area (Å²) in [4.78, 5) is 12.7. The average molecular weight is 218 g/mol. The second-order valence-corrected chi connectivity index (χ2v) is 3.15. The van der Waals surface area contributed by atoms with Crippen LogP contribution >= 0.6 is 0 Å². The van der Waals surface area contributed by atoms with Gasteiger partial charge in [0.2, 0.25) is 0 Å². The third kappa shape index (κ3) is 2.30. The summed E-state index contributed by atoms with van der Waals surface area (Å²) in [5.74, 6) is -0.427. The lowest BCUT2D eigenvalue weighted by Gasteiger charge is -2.06. The predicted molar refractivity (Wildman–Crippen MR) is 49.4 cm³/mol. The van der Waals surface area contributed by atoms with Crippen LogP contribution in [0.4, 0.5) is 8.78 Å². The predicted octanol–water partition coefficient (Wildman–Crippen LogP) is 0.439. The van der Waals surface area contributed by atoms with Crippen LogP contribution in [0.25, 0.3) is 0 Å². The lowest BCUT2D eigenvalue weighted by atomic mass is 10.3. The molecule has 0 fully saturated rings. The summed E-state index contributed by atoms with van der Waals surface area (Å²) >= 11 is 0. The van der Waals surface area contributed by atoms with E-state index in [1.54, 1.807) is 0 Å². The highest BCUT2D eigenvalue weighted by molar-refractivity contribution is 5.92. The van der Waals surface area contributed by atoms with Crippen molar-refractivity contribution in [2.75, 3.05) is 14.1 Å². The zero-order valence-corrected chi connectivity index (χ0v) is 8.44. The molecule has 0 saturated heterocycles. The molecule has 0 unspecified atom stereocenters. The quantitative estimate of drug-likeness (QED) is 0.800. The van der Waals surface area contributed by atoms with Gasteiger partial charge in [0.25, 0.3) is 5.91 Å². The minimum atomic E-state index is -2.78. The Morgan fingerprint density at radius 2 is 2.27 bits per heavy atom. The summed E-state index contributed by atoms with van der Waals surface area (Å²) in [6.45, 7) is -2.87. The molecule has 1 aromatic rings. The number of amides is 1. The van der Waals surface area contributed by atoms with Gasteiger partial charge in [0.05, 0.1) is 5.69 Å². The van der Waals surface area contributed by atoms with E-state index < -0.39 is 12.5 Å². The maximum absolute atomic E-state index is 12.4. The summed E-state index contributed by atoms with van der Waals surface area (Å²) in [6, 6.07) is 1.27. The molecule has 84 valence electrons. The van der Waals surface area contributed by atoms with Crippen LogP contribution in [-0.2, 0) is 6.54 Å². The van der Waals surface area contributed by atoms with Crippen LogP contribution in [0.3, 0.4) is 0 Å². The number of halogens is 2. The highest BCUT2D eigenvalue weighted by Crippen LogP contribution is 2.14. The number of nitrogens with two attached hydrogens (primary N) is 1. The van der Waals surface area contributed by atoms with Crippen molar-refractivity contribution in [2.45, 2.75) is 13.1 Å². The Labute approximate surface area is 85.5 Å². The van der Waals surface area contributed by atoms with Gasteiger partial charge < -0.3 is 10.6 Å². The van der Waals surface area contributed by atoms with Crippen LogP contribution in [0.15, 0.2) is 6.07 Å². The molecule has 0 atom stereocenters. The molecule has 0 bridgehead atoms. The number of aromatic nitrogens is 2. The molecule has 0 aliphatic heterocycles. The molecule has 1 aromatic heterocycles. The number of rotatable bonds is 3. The molecule has 0 aliphatic carbocycles. The SMILES string of the molecule is CN(C)C(=O)c1cc(CN)n(C(F)F)n1. The van der Waals surface area contributed by atoms with Crippen LogP contribution in [0.1, 0.15) is 22.7 Å². The summed E-state index contributed by atoms with van der Waals surface area (Å²) in [5, 5.41) is 3.50. The van der Waals surface area contributed by atoms with Crippen molar-refractivity contribution in [3.8, 4) is 0 Å². The highest BCUT2D eigenvalue weighted by Gasteiger charge is 2.19. The molecule has 15 heavy (non-hydrogen) atoms. The van der Waals surface area contributed by atoms with Crippen molar-refractivity contribution in [3.05, 3.63) is 17.5 Å². The largest absolute Gasteiger partial charge is 0.343 e. The number of nitrogens with zero attached hydrogens (tertiary/aromatic N) is 3. The van der Waals surface area contributed by atoms with Crippen molar-refractivity contribution < 1.29 is 13.6 Å². The van der Waals surface area contributed by atoms with E-state index in [1.165, 1.54) is 25.1 Å². The first-order chi connectivity index (χ1) is 6.97. The fraction of sp³-hybridized carbons (Fsp3) is 0.500. The second kappa shape index (κ2) is 4.35. The van der Waals surface area contributed by atoms with Gasteiger partial charge in [-0.15, -0.1) is 0 Å². The zero-order valence-electron chi connectivity index (χ0n) is 8.44. The summed E-state index contributed by atoms with van der Waals surface area (Å²) in [6.07, 6.45) is 0. The fourth-order valence-corrected chi connectivity index (χ4v) is 1.09. The monoisotopic (exact) mass is 218 g/mol. The van der Waals surface area contributed by atoms with E-state index in [4.69, 9.17) is 5.73 Å². The molecule has 0 spiro atoms. The Balaban J connectivity index is 3.08. The molecular formula is C8H12F2N4O. The van der Waals surface area contributed by atoms with Crippen LogP contribution in [0.2, 0.25) is 0 Å². The third-order valence-electron chi connectivity index (χ3n) is 1.83. The third-order valence-corrected chi connectivity index (χ3v) is 1.83. The normalized spacial score (nSPS) is 10.8. The van der Waals surface area contributed by atoms with E-state index in [0.29, 0.717) is 4.68 Å². The first-order valence-electron chi connectivity index (χ1n) is 4.25. The van der Waals surface area contributed by atoms with Crippen LogP contribution in [-0.4, -0.2) is 34.7 Å². The van der Waals surface area contributed by atoms with Gasteiger partial charge in [-0.3, -0.25) is 4.79 Å². The number of hydrogen-bond acceptors (Lipinski definition) is 3. The van der Waals surface area contributed by atoms with Crippen molar-refractivity contribution >= 4 is 5.91 Å². The Hall–Kier alpha value is -1.50. The molecule has 1 amide bonds. The van der Waals surface area contributed by atoms with Gasteiger partial charge in [-0.1, -0.05) is 0 Å². The topological polar surface area (TPSA) is 64.2 Å². The molecule has 0 radical (unpaired) electrons. The van der Waals surface area contributed by atoms with E-state index >= 15 is 0 Å². The molecule has 0 saturated carbocycles. The zero-order chi connectivity index (χ0) is 11.6. The first kappa shape index (κ1) is 11.6. The number of alkyl halides is 2. The van der Waals surface area contributed by atoms with Gasteiger partial charge in [-0.25, -0.2) is 4.68 Å². The van der Waals surface area contributed by atoms with E-state index in [0.717, 1.165) is 0 Å². The fourth-order valence-electron chi connectivity index (χ4n) is 1.09. The average Bonchev–Trinajstić information content (AvgIpc) is 2.59. The Morgan fingerprint density at radius 3 is 2.60 bits per heavy atom. The molecular weight excluding hydrogens is 206 g/mol. The van der Waals surface area contributed by atoms with E-state index in [-0.39, 0.29) is 17.9 Å². The number of carbonyl (C=O) groups excluding carboxylic acids is 1. The molecule has 5 nitrogen and oxygen atoms in total. The molecule has 0 aliphatic rings. The Kier molecular flexibility index (Phi) is 3.35. The molecule has 0 aromatic carbocycles. The molecule has 1 heterocycles. The molecule has 1 rings (SSSR count). The second-order valence-electron chi connectivity index (χ2n) is 3.15. The maximum Gasteiger partial charge on any atom is 0.333 e. The van der Waals surface area contributed by atoms with Crippen molar-refractivity contribution in [2.24, 2.45) is 5.73 Å². The minimum Gasteiger partial charge on any atom is -0.343 e. The van der Waals surface area contributed by atoms with Crippen LogP contribution in [0.5, 0.6) is 0 Å². The van der Waals surface area contributed by atoms with Crippen LogP contribution < -0.4 is 5.73 Å². The standard InChI is InChI=1S/C8H12F2N4O/c1-13(2)7(15)6-3-5(4-11)14(12-6)8(9)10/h3,8H,4,11H2,1-2H3. The van der Waals surface area contributed by atoms with Crippen molar-refractivity contribution in [1.82, 2.24) is 14.7 Å². The lowest BCUT2D eigenvalue weighted by molar-refractivity contribution is 0.0526. The first-order valence-corrected chi connectivity index (χ1v) is 4.25. The lowest BCUT2D eigenvalue weighted by Crippen LogP contribution is -2.22.